The molecular formula is C22H30ClN3O3S2. The Hall–Kier alpha value is -1.74. The third kappa shape index (κ3) is 7.14. The number of piperidine rings is 1. The largest absolute Gasteiger partial charge is 0.337 e. The van der Waals surface area contributed by atoms with Gasteiger partial charge in [0.05, 0.1) is 10.1 Å². The van der Waals surface area contributed by atoms with Crippen molar-refractivity contribution in [2.45, 2.75) is 32.8 Å². The number of nitrogens with zero attached hydrogens (tertiary/aromatic N) is 2. The van der Waals surface area contributed by atoms with E-state index in [4.69, 9.17) is 0 Å². The molecule has 0 spiro atoms. The lowest BCUT2D eigenvalue weighted by Gasteiger charge is -2.32. The van der Waals surface area contributed by atoms with Crippen LogP contribution in [-0.4, -0.2) is 69.8 Å². The molecular weight excluding hydrogens is 454 g/mol. The topological polar surface area (TPSA) is 69.7 Å². The van der Waals surface area contributed by atoms with E-state index >= 15 is 0 Å². The summed E-state index contributed by atoms with van der Waals surface area (Å²) in [6.45, 7) is 2.11. The molecule has 1 fully saturated rings. The summed E-state index contributed by atoms with van der Waals surface area (Å²) in [7, 11) is 0.396. The SMILES string of the molecule is CN(C)CCNC(=O)N1CCC[C@@H](S(=O)(=O)c2ccc(Sc3ccccc3)cc2)C1.Cl. The average molecular weight is 484 g/mol. The lowest BCUT2D eigenvalue weighted by molar-refractivity contribution is 0.186. The first-order valence-corrected chi connectivity index (χ1v) is 12.5. The van der Waals surface area contributed by atoms with Gasteiger partial charge in [-0.05, 0) is 63.3 Å². The fourth-order valence-corrected chi connectivity index (χ4v) is 5.98. The zero-order valence-corrected chi connectivity index (χ0v) is 20.3. The molecule has 0 aromatic heterocycles. The summed E-state index contributed by atoms with van der Waals surface area (Å²) in [5.74, 6) is 0. The van der Waals surface area contributed by atoms with Crippen LogP contribution in [0.1, 0.15) is 12.8 Å². The van der Waals surface area contributed by atoms with Crippen LogP contribution in [-0.2, 0) is 9.84 Å². The summed E-state index contributed by atoms with van der Waals surface area (Å²) in [5.41, 5.74) is 0. The summed E-state index contributed by atoms with van der Waals surface area (Å²) < 4.78 is 26.3. The van der Waals surface area contributed by atoms with E-state index in [-0.39, 0.29) is 25.0 Å². The Balaban J connectivity index is 0.00000341. The van der Waals surface area contributed by atoms with Gasteiger partial charge in [-0.1, -0.05) is 30.0 Å². The molecule has 1 atom stereocenters. The van der Waals surface area contributed by atoms with Crippen LogP contribution in [0.5, 0.6) is 0 Å². The molecule has 1 N–H and O–H groups in total. The summed E-state index contributed by atoms with van der Waals surface area (Å²) in [5, 5.41) is 2.30. The molecule has 0 aliphatic carbocycles. The van der Waals surface area contributed by atoms with Gasteiger partial charge in [-0.15, -0.1) is 12.4 Å². The Morgan fingerprint density at radius 1 is 1.10 bits per heavy atom. The molecule has 2 amide bonds. The van der Waals surface area contributed by atoms with E-state index in [2.05, 4.69) is 5.32 Å². The molecule has 170 valence electrons. The van der Waals surface area contributed by atoms with E-state index in [0.717, 1.165) is 16.3 Å². The fraction of sp³-hybridized carbons (Fsp3) is 0.409. The second-order valence-electron chi connectivity index (χ2n) is 7.68. The number of benzene rings is 2. The second kappa shape index (κ2) is 11.8. The molecule has 3 rings (SSSR count). The Morgan fingerprint density at radius 2 is 1.74 bits per heavy atom. The maximum absolute atomic E-state index is 13.2. The first kappa shape index (κ1) is 25.5. The number of halogens is 1. The molecule has 6 nitrogen and oxygen atoms in total. The quantitative estimate of drug-likeness (QED) is 0.649. The van der Waals surface area contributed by atoms with E-state index in [1.165, 1.54) is 0 Å². The van der Waals surface area contributed by atoms with Crippen molar-refractivity contribution in [1.82, 2.24) is 15.1 Å². The van der Waals surface area contributed by atoms with Crippen molar-refractivity contribution >= 4 is 40.0 Å². The Bertz CT molecular complexity index is 938. The zero-order chi connectivity index (χ0) is 21.6. The third-order valence-electron chi connectivity index (χ3n) is 5.07. The predicted octanol–water partition coefficient (Wildman–Crippen LogP) is 3.77. The average Bonchev–Trinajstić information content (AvgIpc) is 2.74. The minimum Gasteiger partial charge on any atom is -0.337 e. The van der Waals surface area contributed by atoms with Crippen molar-refractivity contribution < 1.29 is 13.2 Å². The van der Waals surface area contributed by atoms with E-state index in [1.807, 2.05) is 61.5 Å². The predicted molar refractivity (Wildman–Crippen MR) is 128 cm³/mol. The van der Waals surface area contributed by atoms with Gasteiger partial charge in [0.15, 0.2) is 9.84 Å². The molecule has 2 aromatic rings. The number of likely N-dealkylation sites (tertiary alicyclic amines) is 1. The summed E-state index contributed by atoms with van der Waals surface area (Å²) in [6, 6.07) is 16.8. The number of nitrogens with one attached hydrogen (secondary N) is 1. The molecule has 1 aliphatic rings. The van der Waals surface area contributed by atoms with Gasteiger partial charge >= 0.3 is 6.03 Å². The highest BCUT2D eigenvalue weighted by molar-refractivity contribution is 7.99. The van der Waals surface area contributed by atoms with E-state index in [1.54, 1.807) is 28.8 Å². The first-order chi connectivity index (χ1) is 14.4. The van der Waals surface area contributed by atoms with E-state index in [9.17, 15) is 13.2 Å². The zero-order valence-electron chi connectivity index (χ0n) is 17.9. The van der Waals surface area contributed by atoms with Crippen LogP contribution >= 0.6 is 24.2 Å². The Labute approximate surface area is 195 Å². The summed E-state index contributed by atoms with van der Waals surface area (Å²) >= 11 is 1.60. The number of urea groups is 1. The number of amides is 2. The van der Waals surface area contributed by atoms with Crippen molar-refractivity contribution in [3.05, 3.63) is 54.6 Å². The molecule has 2 aromatic carbocycles. The molecule has 0 radical (unpaired) electrons. The smallest absolute Gasteiger partial charge is 0.317 e. The van der Waals surface area contributed by atoms with Crippen molar-refractivity contribution in [3.8, 4) is 0 Å². The van der Waals surface area contributed by atoms with Crippen molar-refractivity contribution in [2.75, 3.05) is 40.3 Å². The minimum atomic E-state index is -3.49. The molecule has 0 bridgehead atoms. The molecule has 0 saturated carbocycles. The molecule has 1 saturated heterocycles. The summed E-state index contributed by atoms with van der Waals surface area (Å²) in [4.78, 5) is 18.4. The van der Waals surface area contributed by atoms with Gasteiger partial charge in [0.1, 0.15) is 0 Å². The van der Waals surface area contributed by atoms with Crippen molar-refractivity contribution in [3.63, 3.8) is 0 Å². The number of carbonyl (C=O) groups excluding carboxylic acids is 1. The van der Waals surface area contributed by atoms with Gasteiger partial charge in [0.25, 0.3) is 0 Å². The number of likely N-dealkylation sites (N-methyl/N-ethyl adjacent to an activating group) is 1. The van der Waals surface area contributed by atoms with Crippen molar-refractivity contribution in [2.24, 2.45) is 0 Å². The van der Waals surface area contributed by atoms with Gasteiger partial charge in [-0.3, -0.25) is 0 Å². The monoisotopic (exact) mass is 483 g/mol. The van der Waals surface area contributed by atoms with Crippen LogP contribution in [0.3, 0.4) is 0 Å². The van der Waals surface area contributed by atoms with Gasteiger partial charge in [0, 0.05) is 36.0 Å². The molecule has 31 heavy (non-hydrogen) atoms. The van der Waals surface area contributed by atoms with Crippen LogP contribution < -0.4 is 5.32 Å². The second-order valence-corrected chi connectivity index (χ2v) is 11.1. The highest BCUT2D eigenvalue weighted by Gasteiger charge is 2.33. The van der Waals surface area contributed by atoms with Crippen LogP contribution in [0.4, 0.5) is 4.79 Å². The number of rotatable bonds is 7. The number of sulfone groups is 1. The highest BCUT2D eigenvalue weighted by Crippen LogP contribution is 2.30. The lowest BCUT2D eigenvalue weighted by atomic mass is 10.1. The standard InChI is InChI=1S/C22H29N3O3S2.ClH/c1-24(2)16-14-23-22(26)25-15-6-9-21(17-25)30(27,28)20-12-10-19(11-13-20)29-18-7-4-3-5-8-18;/h3-5,7-8,10-13,21H,6,9,14-17H2,1-2H3,(H,23,26);1H/t21-;/m1./s1. The van der Waals surface area contributed by atoms with Crippen LogP contribution in [0.2, 0.25) is 0 Å². The Kier molecular flexibility index (Phi) is 9.68. The number of hydrogen-bond donors (Lipinski definition) is 1. The Morgan fingerprint density at radius 3 is 2.39 bits per heavy atom. The molecule has 9 heteroatoms. The van der Waals surface area contributed by atoms with E-state index < -0.39 is 15.1 Å². The molecule has 0 unspecified atom stereocenters. The van der Waals surface area contributed by atoms with Crippen LogP contribution in [0, 0.1) is 0 Å². The summed E-state index contributed by atoms with van der Waals surface area (Å²) in [6.07, 6.45) is 1.26. The molecule has 1 heterocycles. The normalized spacial score (nSPS) is 16.6. The fourth-order valence-electron chi connectivity index (χ4n) is 3.39. The molecule has 1 aliphatic heterocycles. The van der Waals surface area contributed by atoms with Gasteiger partial charge in [-0.2, -0.15) is 0 Å². The first-order valence-electron chi connectivity index (χ1n) is 10.1. The minimum absolute atomic E-state index is 0. The van der Waals surface area contributed by atoms with Crippen LogP contribution in [0.15, 0.2) is 69.3 Å². The maximum atomic E-state index is 13.2. The maximum Gasteiger partial charge on any atom is 0.317 e. The lowest BCUT2D eigenvalue weighted by Crippen LogP contribution is -2.49. The van der Waals surface area contributed by atoms with Gasteiger partial charge < -0.3 is 15.1 Å². The van der Waals surface area contributed by atoms with Gasteiger partial charge in [-0.25, -0.2) is 13.2 Å². The number of hydrogen-bond acceptors (Lipinski definition) is 5. The van der Waals surface area contributed by atoms with Gasteiger partial charge in [0.2, 0.25) is 0 Å². The number of carbonyl (C=O) groups is 1. The van der Waals surface area contributed by atoms with E-state index in [0.29, 0.717) is 30.8 Å². The third-order valence-corrected chi connectivity index (χ3v) is 8.28. The highest BCUT2D eigenvalue weighted by atomic mass is 35.5. The van der Waals surface area contributed by atoms with Crippen molar-refractivity contribution in [1.29, 1.82) is 0 Å². The van der Waals surface area contributed by atoms with Crippen LogP contribution in [0.25, 0.3) is 0 Å².